The maximum atomic E-state index is 11.9. The molecule has 4 N–H and O–H groups in total. The molecule has 0 heterocycles. The molecule has 152 valence electrons. The van der Waals surface area contributed by atoms with Crippen molar-refractivity contribution in [2.24, 2.45) is 10.8 Å². The highest BCUT2D eigenvalue weighted by Crippen LogP contribution is 2.21. The van der Waals surface area contributed by atoms with Gasteiger partial charge in [0.1, 0.15) is 11.5 Å². The number of carbonyl (C=O) groups is 3. The standard InChI is InChI=1S/C19H19ClN4O5/c1-28-15-5-2-12(3-6-15)9-22-18(26)19(27)24-23-10-13-8-14(20)4-7-16(13)29-11-17(21)25/h2-8,10H,9,11H2,1H3,(H2,21,25)(H,22,26)(H,24,27)/b23-10-. The highest BCUT2D eigenvalue weighted by atomic mass is 35.5. The van der Waals surface area contributed by atoms with Gasteiger partial charge in [-0.3, -0.25) is 14.4 Å². The van der Waals surface area contributed by atoms with Crippen molar-refractivity contribution in [2.45, 2.75) is 6.54 Å². The van der Waals surface area contributed by atoms with Gasteiger partial charge in [0.15, 0.2) is 6.61 Å². The first kappa shape index (κ1) is 21.7. The Morgan fingerprint density at radius 2 is 1.86 bits per heavy atom. The van der Waals surface area contributed by atoms with E-state index in [1.54, 1.807) is 37.4 Å². The molecule has 2 rings (SSSR count). The number of halogens is 1. The van der Waals surface area contributed by atoms with Crippen LogP contribution in [0.25, 0.3) is 0 Å². The van der Waals surface area contributed by atoms with Crippen LogP contribution in [0.4, 0.5) is 0 Å². The summed E-state index contributed by atoms with van der Waals surface area (Å²) in [5, 5.41) is 6.58. The van der Waals surface area contributed by atoms with Crippen molar-refractivity contribution in [1.29, 1.82) is 0 Å². The lowest BCUT2D eigenvalue weighted by Crippen LogP contribution is -2.37. The second kappa shape index (κ2) is 10.7. The van der Waals surface area contributed by atoms with Crippen molar-refractivity contribution >= 4 is 35.5 Å². The predicted octanol–water partition coefficient (Wildman–Crippen LogP) is 0.979. The summed E-state index contributed by atoms with van der Waals surface area (Å²) >= 11 is 5.92. The molecule has 9 nitrogen and oxygen atoms in total. The number of hydrogen-bond donors (Lipinski definition) is 3. The Bertz CT molecular complexity index is 915. The average Bonchev–Trinajstić information content (AvgIpc) is 2.71. The van der Waals surface area contributed by atoms with Crippen LogP contribution in [0.3, 0.4) is 0 Å². The van der Waals surface area contributed by atoms with Gasteiger partial charge in [0.2, 0.25) is 0 Å². The zero-order chi connectivity index (χ0) is 21.2. The molecular weight excluding hydrogens is 400 g/mol. The molecule has 0 aromatic heterocycles. The van der Waals surface area contributed by atoms with Crippen LogP contribution in [-0.2, 0) is 20.9 Å². The summed E-state index contributed by atoms with van der Waals surface area (Å²) in [6.45, 7) is -0.165. The van der Waals surface area contributed by atoms with Crippen molar-refractivity contribution in [3.8, 4) is 11.5 Å². The number of carbonyl (C=O) groups excluding carboxylic acids is 3. The molecule has 0 aliphatic heterocycles. The Balaban J connectivity index is 1.90. The first-order valence-electron chi connectivity index (χ1n) is 8.34. The molecular formula is C19H19ClN4O5. The molecule has 0 saturated heterocycles. The van der Waals surface area contributed by atoms with Gasteiger partial charge in [-0.1, -0.05) is 23.7 Å². The van der Waals surface area contributed by atoms with Crippen LogP contribution in [0.5, 0.6) is 11.5 Å². The number of methoxy groups -OCH3 is 1. The summed E-state index contributed by atoms with van der Waals surface area (Å²) in [6, 6.07) is 11.6. The van der Waals surface area contributed by atoms with E-state index in [0.29, 0.717) is 16.3 Å². The van der Waals surface area contributed by atoms with Crippen LogP contribution in [0.15, 0.2) is 47.6 Å². The maximum Gasteiger partial charge on any atom is 0.329 e. The van der Waals surface area contributed by atoms with E-state index < -0.39 is 17.7 Å². The van der Waals surface area contributed by atoms with E-state index in [0.717, 1.165) is 5.56 Å². The number of nitrogens with zero attached hydrogens (tertiary/aromatic N) is 1. The van der Waals surface area contributed by atoms with Gasteiger partial charge >= 0.3 is 11.8 Å². The van der Waals surface area contributed by atoms with E-state index in [4.69, 9.17) is 26.8 Å². The molecule has 0 aliphatic carbocycles. The number of amides is 3. The second-order valence-corrected chi connectivity index (χ2v) is 6.10. The van der Waals surface area contributed by atoms with Gasteiger partial charge < -0.3 is 20.5 Å². The molecule has 3 amide bonds. The molecule has 2 aromatic rings. The lowest BCUT2D eigenvalue weighted by atomic mass is 10.2. The summed E-state index contributed by atoms with van der Waals surface area (Å²) in [5.41, 5.74) is 8.34. The number of ether oxygens (including phenoxy) is 2. The summed E-state index contributed by atoms with van der Waals surface area (Å²) in [6.07, 6.45) is 1.23. The molecule has 0 bridgehead atoms. The number of nitrogens with one attached hydrogen (secondary N) is 2. The summed E-state index contributed by atoms with van der Waals surface area (Å²) < 4.78 is 10.3. The fraction of sp³-hybridized carbons (Fsp3) is 0.158. The van der Waals surface area contributed by atoms with E-state index >= 15 is 0 Å². The summed E-state index contributed by atoms with van der Waals surface area (Å²) in [5.74, 6) is -1.47. The molecule has 0 aliphatic rings. The monoisotopic (exact) mass is 418 g/mol. The molecule has 0 radical (unpaired) electrons. The third-order valence-electron chi connectivity index (χ3n) is 3.53. The number of rotatable bonds is 8. The number of primary amides is 1. The van der Waals surface area contributed by atoms with Gasteiger partial charge in [-0.2, -0.15) is 5.10 Å². The molecule has 29 heavy (non-hydrogen) atoms. The maximum absolute atomic E-state index is 11.9. The molecule has 0 atom stereocenters. The molecule has 2 aromatic carbocycles. The van der Waals surface area contributed by atoms with E-state index in [-0.39, 0.29) is 18.9 Å². The third-order valence-corrected chi connectivity index (χ3v) is 3.76. The first-order chi connectivity index (χ1) is 13.9. The average molecular weight is 419 g/mol. The van der Waals surface area contributed by atoms with Crippen molar-refractivity contribution < 1.29 is 23.9 Å². The highest BCUT2D eigenvalue weighted by molar-refractivity contribution is 6.35. The van der Waals surface area contributed by atoms with E-state index in [1.165, 1.54) is 18.3 Å². The minimum absolute atomic E-state index is 0.166. The topological polar surface area (TPSA) is 132 Å². The minimum Gasteiger partial charge on any atom is -0.497 e. The molecule has 0 unspecified atom stereocenters. The van der Waals surface area contributed by atoms with E-state index in [9.17, 15) is 14.4 Å². The smallest absolute Gasteiger partial charge is 0.329 e. The Kier molecular flexibility index (Phi) is 7.99. The van der Waals surface area contributed by atoms with Crippen molar-refractivity contribution in [1.82, 2.24) is 10.7 Å². The van der Waals surface area contributed by atoms with Crippen LogP contribution >= 0.6 is 11.6 Å². The lowest BCUT2D eigenvalue weighted by Gasteiger charge is -2.08. The van der Waals surface area contributed by atoms with Crippen LogP contribution < -0.4 is 25.9 Å². The van der Waals surface area contributed by atoms with E-state index in [1.807, 2.05) is 0 Å². The van der Waals surface area contributed by atoms with Crippen molar-refractivity contribution in [3.05, 3.63) is 58.6 Å². The minimum atomic E-state index is -0.948. The molecule has 0 spiro atoms. The fourth-order valence-corrected chi connectivity index (χ4v) is 2.30. The largest absolute Gasteiger partial charge is 0.497 e. The van der Waals surface area contributed by atoms with Crippen LogP contribution in [0.1, 0.15) is 11.1 Å². The van der Waals surface area contributed by atoms with Gasteiger partial charge in [0.25, 0.3) is 5.91 Å². The Labute approximate surface area is 171 Å². The normalized spacial score (nSPS) is 10.4. The lowest BCUT2D eigenvalue weighted by molar-refractivity contribution is -0.139. The van der Waals surface area contributed by atoms with Crippen LogP contribution in [0.2, 0.25) is 5.02 Å². The van der Waals surface area contributed by atoms with Crippen molar-refractivity contribution in [3.63, 3.8) is 0 Å². The predicted molar refractivity (Wildman–Crippen MR) is 107 cm³/mol. The Morgan fingerprint density at radius 1 is 1.14 bits per heavy atom. The quantitative estimate of drug-likeness (QED) is 0.334. The SMILES string of the molecule is COc1ccc(CNC(=O)C(=O)N/N=C\c2cc(Cl)ccc2OCC(N)=O)cc1. The van der Waals surface area contributed by atoms with Gasteiger partial charge in [-0.25, -0.2) is 5.43 Å². The van der Waals surface area contributed by atoms with E-state index in [2.05, 4.69) is 15.8 Å². The zero-order valence-corrected chi connectivity index (χ0v) is 16.2. The van der Waals surface area contributed by atoms with Gasteiger partial charge in [0, 0.05) is 17.1 Å². The van der Waals surface area contributed by atoms with Gasteiger partial charge in [-0.05, 0) is 35.9 Å². The Morgan fingerprint density at radius 3 is 2.52 bits per heavy atom. The van der Waals surface area contributed by atoms with Crippen LogP contribution in [0, 0.1) is 0 Å². The van der Waals surface area contributed by atoms with Crippen molar-refractivity contribution in [2.75, 3.05) is 13.7 Å². The number of hydrogen-bond acceptors (Lipinski definition) is 6. The number of benzene rings is 2. The molecule has 10 heteroatoms. The highest BCUT2D eigenvalue weighted by Gasteiger charge is 2.12. The first-order valence-corrected chi connectivity index (χ1v) is 8.71. The Hall–Kier alpha value is -3.59. The second-order valence-electron chi connectivity index (χ2n) is 5.67. The van der Waals surface area contributed by atoms with Crippen LogP contribution in [-0.4, -0.2) is 37.7 Å². The molecule has 0 fully saturated rings. The third kappa shape index (κ3) is 7.15. The van der Waals surface area contributed by atoms with Gasteiger partial charge in [0.05, 0.1) is 13.3 Å². The summed E-state index contributed by atoms with van der Waals surface area (Å²) in [7, 11) is 1.55. The fourth-order valence-electron chi connectivity index (χ4n) is 2.12. The summed E-state index contributed by atoms with van der Waals surface area (Å²) in [4.78, 5) is 34.6. The number of nitrogens with two attached hydrogens (primary N) is 1. The number of hydrazone groups is 1. The van der Waals surface area contributed by atoms with Gasteiger partial charge in [-0.15, -0.1) is 0 Å². The molecule has 0 saturated carbocycles. The zero-order valence-electron chi connectivity index (χ0n) is 15.5.